The van der Waals surface area contributed by atoms with E-state index in [1.54, 1.807) is 12.1 Å². The molecule has 18 heavy (non-hydrogen) atoms. The molecule has 1 aromatic carbocycles. The lowest BCUT2D eigenvalue weighted by molar-refractivity contribution is -0.144. The van der Waals surface area contributed by atoms with E-state index in [4.69, 9.17) is 5.11 Å². The summed E-state index contributed by atoms with van der Waals surface area (Å²) >= 11 is 0. The molecular formula is C14H19NO3. The zero-order valence-corrected chi connectivity index (χ0v) is 10.9. The van der Waals surface area contributed by atoms with Crippen molar-refractivity contribution in [2.45, 2.75) is 27.2 Å². The molecule has 0 heterocycles. The molecule has 1 aromatic rings. The second-order valence-corrected chi connectivity index (χ2v) is 4.84. The first-order valence-corrected chi connectivity index (χ1v) is 6.02. The Morgan fingerprint density at radius 3 is 2.17 bits per heavy atom. The zero-order chi connectivity index (χ0) is 13.7. The number of rotatable bonds is 5. The van der Waals surface area contributed by atoms with Crippen LogP contribution in [-0.2, 0) is 16.0 Å². The summed E-state index contributed by atoms with van der Waals surface area (Å²) in [6.07, 6.45) is 0.986. The summed E-state index contributed by atoms with van der Waals surface area (Å²) in [6.45, 7) is 5.65. The number of carboxylic acids is 1. The molecule has 0 saturated heterocycles. The van der Waals surface area contributed by atoms with Gasteiger partial charge in [0, 0.05) is 5.69 Å². The third kappa shape index (κ3) is 4.20. The van der Waals surface area contributed by atoms with Crippen molar-refractivity contribution in [1.82, 2.24) is 0 Å². The quantitative estimate of drug-likeness (QED) is 0.788. The molecule has 1 rings (SSSR count). The minimum Gasteiger partial charge on any atom is -0.481 e. The molecule has 4 nitrogen and oxygen atoms in total. The first-order chi connectivity index (χ1) is 8.40. The normalized spacial score (nSPS) is 12.2. The molecule has 2 N–H and O–H groups in total. The second-order valence-electron chi connectivity index (χ2n) is 4.84. The summed E-state index contributed by atoms with van der Waals surface area (Å²) in [6, 6.07) is 7.48. The molecule has 0 radical (unpaired) electrons. The van der Waals surface area contributed by atoms with Crippen LogP contribution in [0.15, 0.2) is 24.3 Å². The highest BCUT2D eigenvalue weighted by Crippen LogP contribution is 2.14. The van der Waals surface area contributed by atoms with Crippen LogP contribution < -0.4 is 5.32 Å². The number of nitrogens with one attached hydrogen (secondary N) is 1. The fraction of sp³-hybridized carbons (Fsp3) is 0.429. The number of anilines is 1. The van der Waals surface area contributed by atoms with Crippen LogP contribution >= 0.6 is 0 Å². The summed E-state index contributed by atoms with van der Waals surface area (Å²) in [5, 5.41) is 11.3. The van der Waals surface area contributed by atoms with E-state index in [2.05, 4.69) is 19.2 Å². The third-order valence-electron chi connectivity index (χ3n) is 2.63. The van der Waals surface area contributed by atoms with E-state index in [1.807, 2.05) is 12.1 Å². The fourth-order valence-corrected chi connectivity index (χ4v) is 1.56. The molecule has 0 spiro atoms. The molecule has 0 aliphatic heterocycles. The Morgan fingerprint density at radius 2 is 1.72 bits per heavy atom. The smallest absolute Gasteiger partial charge is 0.315 e. The Hall–Kier alpha value is -1.84. The van der Waals surface area contributed by atoms with Crippen LogP contribution in [0.1, 0.15) is 26.3 Å². The van der Waals surface area contributed by atoms with Crippen molar-refractivity contribution in [3.63, 3.8) is 0 Å². The number of hydrogen-bond donors (Lipinski definition) is 2. The number of benzene rings is 1. The zero-order valence-electron chi connectivity index (χ0n) is 10.9. The third-order valence-corrected chi connectivity index (χ3v) is 2.63. The van der Waals surface area contributed by atoms with E-state index in [0.717, 1.165) is 6.42 Å². The molecule has 0 saturated carbocycles. The van der Waals surface area contributed by atoms with Crippen LogP contribution in [0.5, 0.6) is 0 Å². The number of carbonyl (C=O) groups excluding carboxylic acids is 1. The molecule has 1 unspecified atom stereocenters. The largest absolute Gasteiger partial charge is 0.481 e. The van der Waals surface area contributed by atoms with Gasteiger partial charge in [-0.2, -0.15) is 0 Å². The second kappa shape index (κ2) is 6.19. The predicted octanol–water partition coefficient (Wildman–Crippen LogP) is 2.54. The average molecular weight is 249 g/mol. The number of amides is 1. The van der Waals surface area contributed by atoms with Crippen molar-refractivity contribution >= 4 is 17.6 Å². The standard InChI is InChI=1S/C14H19NO3/c1-9(2)8-11-4-6-12(7-5-11)15-13(16)10(3)14(17)18/h4-7,9-10H,8H2,1-3H3,(H,15,16)(H,17,18). The molecule has 1 amide bonds. The number of carbonyl (C=O) groups is 2. The average Bonchev–Trinajstić information content (AvgIpc) is 2.29. The molecular weight excluding hydrogens is 230 g/mol. The van der Waals surface area contributed by atoms with E-state index < -0.39 is 17.8 Å². The Morgan fingerprint density at radius 1 is 1.17 bits per heavy atom. The van der Waals surface area contributed by atoms with Gasteiger partial charge in [0.25, 0.3) is 0 Å². The van der Waals surface area contributed by atoms with Crippen molar-refractivity contribution in [1.29, 1.82) is 0 Å². The lowest BCUT2D eigenvalue weighted by Gasteiger charge is -2.09. The van der Waals surface area contributed by atoms with Gasteiger partial charge in [0.1, 0.15) is 5.92 Å². The predicted molar refractivity (Wildman–Crippen MR) is 70.4 cm³/mol. The van der Waals surface area contributed by atoms with E-state index in [1.165, 1.54) is 12.5 Å². The van der Waals surface area contributed by atoms with E-state index >= 15 is 0 Å². The monoisotopic (exact) mass is 249 g/mol. The lowest BCUT2D eigenvalue weighted by atomic mass is 10.0. The van der Waals surface area contributed by atoms with Gasteiger partial charge in [-0.3, -0.25) is 9.59 Å². The lowest BCUT2D eigenvalue weighted by Crippen LogP contribution is -2.26. The van der Waals surface area contributed by atoms with Crippen molar-refractivity contribution in [3.05, 3.63) is 29.8 Å². The molecule has 4 heteroatoms. The van der Waals surface area contributed by atoms with Gasteiger partial charge in [0.2, 0.25) is 5.91 Å². The highest BCUT2D eigenvalue weighted by molar-refractivity contribution is 6.03. The first kappa shape index (κ1) is 14.2. The molecule has 0 bridgehead atoms. The van der Waals surface area contributed by atoms with Crippen LogP contribution in [0, 0.1) is 11.8 Å². The summed E-state index contributed by atoms with van der Waals surface area (Å²) in [4.78, 5) is 22.2. The van der Waals surface area contributed by atoms with E-state index in [0.29, 0.717) is 11.6 Å². The Kier molecular flexibility index (Phi) is 4.89. The SMILES string of the molecule is CC(C)Cc1ccc(NC(=O)C(C)C(=O)O)cc1. The maximum atomic E-state index is 11.5. The Balaban J connectivity index is 2.64. The summed E-state index contributed by atoms with van der Waals surface area (Å²) < 4.78 is 0. The summed E-state index contributed by atoms with van der Waals surface area (Å²) in [5.41, 5.74) is 1.83. The van der Waals surface area contributed by atoms with Gasteiger partial charge in [0.05, 0.1) is 0 Å². The minimum atomic E-state index is -1.12. The molecule has 0 aromatic heterocycles. The van der Waals surface area contributed by atoms with Gasteiger partial charge in [-0.05, 0) is 37.0 Å². The fourth-order valence-electron chi connectivity index (χ4n) is 1.56. The van der Waals surface area contributed by atoms with Crippen LogP contribution in [0.4, 0.5) is 5.69 Å². The van der Waals surface area contributed by atoms with Gasteiger partial charge in [-0.1, -0.05) is 26.0 Å². The van der Waals surface area contributed by atoms with Gasteiger partial charge in [-0.25, -0.2) is 0 Å². The van der Waals surface area contributed by atoms with Crippen LogP contribution in [0.25, 0.3) is 0 Å². The van der Waals surface area contributed by atoms with Crippen molar-refractivity contribution in [2.75, 3.05) is 5.32 Å². The Bertz CT molecular complexity index is 423. The van der Waals surface area contributed by atoms with Crippen LogP contribution in [0.3, 0.4) is 0 Å². The maximum Gasteiger partial charge on any atom is 0.315 e. The molecule has 0 aliphatic rings. The van der Waals surface area contributed by atoms with Gasteiger partial charge in [-0.15, -0.1) is 0 Å². The van der Waals surface area contributed by atoms with Crippen molar-refractivity contribution in [2.24, 2.45) is 11.8 Å². The van der Waals surface area contributed by atoms with E-state index in [-0.39, 0.29) is 0 Å². The number of carboxylic acid groups (broad SMARTS) is 1. The molecule has 1 atom stereocenters. The minimum absolute atomic E-state index is 0.501. The summed E-state index contributed by atoms with van der Waals surface area (Å²) in [7, 11) is 0. The number of hydrogen-bond acceptors (Lipinski definition) is 2. The topological polar surface area (TPSA) is 66.4 Å². The highest BCUT2D eigenvalue weighted by Gasteiger charge is 2.20. The van der Waals surface area contributed by atoms with Crippen molar-refractivity contribution in [3.8, 4) is 0 Å². The van der Waals surface area contributed by atoms with Crippen LogP contribution in [-0.4, -0.2) is 17.0 Å². The van der Waals surface area contributed by atoms with E-state index in [9.17, 15) is 9.59 Å². The van der Waals surface area contributed by atoms with Gasteiger partial charge >= 0.3 is 5.97 Å². The molecule has 0 fully saturated rings. The van der Waals surface area contributed by atoms with Gasteiger partial charge < -0.3 is 10.4 Å². The molecule has 98 valence electrons. The van der Waals surface area contributed by atoms with Crippen LogP contribution in [0.2, 0.25) is 0 Å². The van der Waals surface area contributed by atoms with Gasteiger partial charge in [0.15, 0.2) is 0 Å². The number of aliphatic carboxylic acids is 1. The Labute approximate surface area is 107 Å². The summed E-state index contributed by atoms with van der Waals surface area (Å²) in [5.74, 6) is -2.08. The molecule has 0 aliphatic carbocycles. The maximum absolute atomic E-state index is 11.5. The highest BCUT2D eigenvalue weighted by atomic mass is 16.4. The first-order valence-electron chi connectivity index (χ1n) is 6.02. The van der Waals surface area contributed by atoms with Crippen molar-refractivity contribution < 1.29 is 14.7 Å².